The van der Waals surface area contributed by atoms with Gasteiger partial charge in [-0.2, -0.15) is 5.10 Å². The van der Waals surface area contributed by atoms with E-state index in [0.29, 0.717) is 33.3 Å². The third kappa shape index (κ3) is 7.88. The van der Waals surface area contributed by atoms with Gasteiger partial charge >= 0.3 is 0 Å². The Morgan fingerprint density at radius 3 is 2.24 bits per heavy atom. The molecule has 0 unspecified atom stereocenters. The van der Waals surface area contributed by atoms with E-state index in [1.165, 1.54) is 4.68 Å². The summed E-state index contributed by atoms with van der Waals surface area (Å²) in [6, 6.07) is 18.0. The molecule has 4 fully saturated rings. The molecule has 3 aliphatic heterocycles. The number of ether oxygens (including phenoxy) is 1. The van der Waals surface area contributed by atoms with Gasteiger partial charge in [-0.3, -0.25) is 29.4 Å². The molecular formula is C45H51ClN8O5. The van der Waals surface area contributed by atoms with Gasteiger partial charge in [-0.25, -0.2) is 9.53 Å². The highest BCUT2D eigenvalue weighted by molar-refractivity contribution is 6.33. The molecule has 59 heavy (non-hydrogen) atoms. The predicted octanol–water partition coefficient (Wildman–Crippen LogP) is 6.23. The fourth-order valence-electron chi connectivity index (χ4n) is 10.0. The predicted molar refractivity (Wildman–Crippen MR) is 228 cm³/mol. The number of carbonyl (C=O) groups is 3. The highest BCUT2D eigenvalue weighted by Crippen LogP contribution is 2.55. The van der Waals surface area contributed by atoms with Crippen molar-refractivity contribution in [1.29, 1.82) is 0 Å². The van der Waals surface area contributed by atoms with Crippen molar-refractivity contribution in [2.75, 3.05) is 55.6 Å². The summed E-state index contributed by atoms with van der Waals surface area (Å²) in [7, 11) is 0. The fraction of sp³-hybridized carbons (Fsp3) is 0.467. The van der Waals surface area contributed by atoms with Crippen molar-refractivity contribution in [2.45, 2.75) is 71.6 Å². The van der Waals surface area contributed by atoms with Crippen molar-refractivity contribution in [3.63, 3.8) is 0 Å². The Hall–Kier alpha value is -5.45. The Morgan fingerprint density at radius 1 is 0.898 bits per heavy atom. The normalized spacial score (nSPS) is 23.3. The number of amides is 3. The number of piperidine rings is 2. The van der Waals surface area contributed by atoms with Crippen LogP contribution in [-0.2, 0) is 9.59 Å². The van der Waals surface area contributed by atoms with Crippen LogP contribution >= 0.6 is 11.6 Å². The molecule has 3 amide bonds. The first-order valence-corrected chi connectivity index (χ1v) is 20.9. The Labute approximate surface area is 349 Å². The molecule has 1 saturated carbocycles. The van der Waals surface area contributed by atoms with E-state index in [9.17, 15) is 19.2 Å². The Balaban J connectivity index is 0.792. The molecule has 308 valence electrons. The summed E-state index contributed by atoms with van der Waals surface area (Å²) >= 11 is 6.27. The number of piperazine rings is 1. The number of halogens is 1. The zero-order valence-corrected chi connectivity index (χ0v) is 34.8. The van der Waals surface area contributed by atoms with Crippen LogP contribution in [0, 0.1) is 23.3 Å². The second kappa shape index (κ2) is 16.0. The van der Waals surface area contributed by atoms with E-state index in [1.807, 2.05) is 30.3 Å². The molecule has 1 aromatic heterocycles. The maximum atomic E-state index is 13.5. The van der Waals surface area contributed by atoms with E-state index in [4.69, 9.17) is 22.9 Å². The highest BCUT2D eigenvalue weighted by atomic mass is 35.5. The molecule has 14 heteroatoms. The van der Waals surface area contributed by atoms with E-state index in [2.05, 4.69) is 75.1 Å². The first kappa shape index (κ1) is 40.3. The van der Waals surface area contributed by atoms with Gasteiger partial charge in [0.15, 0.2) is 0 Å². The lowest BCUT2D eigenvalue weighted by Gasteiger charge is -2.63. The zero-order valence-electron chi connectivity index (χ0n) is 34.0. The largest absolute Gasteiger partial charge is 0.489 e. The molecule has 4 aliphatic rings. The number of fused-ring (bicyclic) bond motifs is 1. The smallest absolute Gasteiger partial charge is 0.275 e. The van der Waals surface area contributed by atoms with E-state index in [0.717, 1.165) is 75.4 Å². The number of hydrogen-bond donors (Lipinski definition) is 2. The third-order valence-corrected chi connectivity index (χ3v) is 13.4. The molecule has 0 bridgehead atoms. The van der Waals surface area contributed by atoms with Crippen LogP contribution < -0.4 is 30.7 Å². The van der Waals surface area contributed by atoms with Gasteiger partial charge in [-0.05, 0) is 79.8 Å². The van der Waals surface area contributed by atoms with Crippen LogP contribution in [0.25, 0.3) is 15.6 Å². The molecule has 3 saturated heterocycles. The summed E-state index contributed by atoms with van der Waals surface area (Å²) in [5.74, 6) is 0.324. The highest BCUT2D eigenvalue weighted by Gasteiger charge is 2.64. The number of anilines is 2. The van der Waals surface area contributed by atoms with Crippen LogP contribution in [0.3, 0.4) is 0 Å². The molecule has 8 rings (SSSR count). The zero-order chi connectivity index (χ0) is 41.6. The number of aromatic nitrogens is 2. The lowest BCUT2D eigenvalue weighted by atomic mass is 9.49. The van der Waals surface area contributed by atoms with Gasteiger partial charge in [0.2, 0.25) is 11.6 Å². The van der Waals surface area contributed by atoms with E-state index < -0.39 is 11.9 Å². The summed E-state index contributed by atoms with van der Waals surface area (Å²) in [4.78, 5) is 61.5. The molecule has 2 N–H and O–H groups in total. The summed E-state index contributed by atoms with van der Waals surface area (Å²) in [6.45, 7) is 22.4. The molecule has 3 aromatic carbocycles. The van der Waals surface area contributed by atoms with Crippen LogP contribution in [0.4, 0.5) is 17.1 Å². The van der Waals surface area contributed by atoms with Crippen molar-refractivity contribution in [3.8, 4) is 5.75 Å². The molecule has 4 heterocycles. The van der Waals surface area contributed by atoms with Crippen LogP contribution in [0.5, 0.6) is 5.75 Å². The molecule has 0 radical (unpaired) electrons. The lowest BCUT2D eigenvalue weighted by Crippen LogP contribution is -2.74. The molecule has 0 spiro atoms. The maximum Gasteiger partial charge on any atom is 0.275 e. The molecule has 4 aromatic rings. The minimum Gasteiger partial charge on any atom is -0.489 e. The standard InChI is InChI=1S/C45H51ClN8O5/c1-44(2)42(45(3,4)43(44)59-33-11-13-36(47-5)35(46)25-33)50-39(56)29-6-8-31(9-7-29)52-18-16-28(17-19-52)27-51-20-22-53(23-21-51)32-10-12-34-30(24-32)26-48-54(41(34)58)37-14-15-38(55)49-40(37)57/h6-13,24-26,28,37,42-43H,14-23,27H2,1-4H3,(H,50,56)(H,49,55,57)/t37-,42?,43?/m0/s1. The van der Waals surface area contributed by atoms with E-state index in [-0.39, 0.29) is 53.2 Å². The number of carbonyl (C=O) groups excluding carboxylic acids is 3. The summed E-state index contributed by atoms with van der Waals surface area (Å²) in [5.41, 5.74) is 2.21. The monoisotopic (exact) mass is 818 g/mol. The first-order chi connectivity index (χ1) is 28.2. The average molecular weight is 819 g/mol. The molecular weight excluding hydrogens is 768 g/mol. The first-order valence-electron chi connectivity index (χ1n) is 20.5. The van der Waals surface area contributed by atoms with Crippen molar-refractivity contribution >= 4 is 57.2 Å². The summed E-state index contributed by atoms with van der Waals surface area (Å²) in [5, 5.41) is 11.5. The second-order valence-electron chi connectivity index (χ2n) is 17.7. The number of hydrogen-bond acceptors (Lipinski definition) is 9. The number of rotatable bonds is 9. The minimum atomic E-state index is -0.781. The number of benzene rings is 3. The third-order valence-electron chi connectivity index (χ3n) is 13.1. The number of nitrogens with zero attached hydrogens (tertiary/aromatic N) is 6. The molecule has 1 aliphatic carbocycles. The second-order valence-corrected chi connectivity index (χ2v) is 18.1. The Morgan fingerprint density at radius 2 is 1.58 bits per heavy atom. The summed E-state index contributed by atoms with van der Waals surface area (Å²) in [6.07, 6.45) is 4.15. The quantitative estimate of drug-likeness (QED) is 0.149. The van der Waals surface area contributed by atoms with Crippen molar-refractivity contribution < 1.29 is 19.1 Å². The van der Waals surface area contributed by atoms with Gasteiger partial charge in [0.25, 0.3) is 17.4 Å². The van der Waals surface area contributed by atoms with Crippen molar-refractivity contribution in [3.05, 3.63) is 99.2 Å². The topological polar surface area (TPSA) is 133 Å². The van der Waals surface area contributed by atoms with Gasteiger partial charge in [0.05, 0.1) is 23.2 Å². The van der Waals surface area contributed by atoms with Gasteiger partial charge in [-0.15, -0.1) is 0 Å². The number of nitrogens with one attached hydrogen (secondary N) is 2. The van der Waals surface area contributed by atoms with E-state index in [1.54, 1.807) is 24.4 Å². The van der Waals surface area contributed by atoms with Crippen LogP contribution in [0.2, 0.25) is 5.02 Å². The van der Waals surface area contributed by atoms with Crippen LogP contribution in [-0.4, -0.2) is 90.4 Å². The average Bonchev–Trinajstić information content (AvgIpc) is 3.22. The SMILES string of the molecule is [C-]#[N+]c1ccc(OC2C(C)(C)C(NC(=O)c3ccc(N4CCC(CN5CCN(c6ccc7c(=O)n([C@H]8CCC(=O)NC8=O)ncc7c6)CC5)CC4)cc3)C2(C)C)cc1Cl. The summed E-state index contributed by atoms with van der Waals surface area (Å²) < 4.78 is 7.60. The van der Waals surface area contributed by atoms with Crippen molar-refractivity contribution in [2.24, 2.45) is 16.7 Å². The van der Waals surface area contributed by atoms with Crippen LogP contribution in [0.15, 0.2) is 71.7 Å². The Kier molecular flexibility index (Phi) is 10.9. The fourth-order valence-corrected chi connectivity index (χ4v) is 10.3. The minimum absolute atomic E-state index is 0.0987. The molecule has 1 atom stereocenters. The van der Waals surface area contributed by atoms with Crippen LogP contribution in [0.1, 0.15) is 69.8 Å². The van der Waals surface area contributed by atoms with Gasteiger partial charge in [-0.1, -0.05) is 45.4 Å². The van der Waals surface area contributed by atoms with E-state index >= 15 is 0 Å². The lowest BCUT2D eigenvalue weighted by molar-refractivity contribution is -0.164. The van der Waals surface area contributed by atoms with Gasteiger partial charge < -0.3 is 19.9 Å². The van der Waals surface area contributed by atoms with Crippen molar-refractivity contribution in [1.82, 2.24) is 25.3 Å². The number of imide groups is 1. The Bertz CT molecular complexity index is 2360. The van der Waals surface area contributed by atoms with Gasteiger partial charge in [0, 0.05) is 91.4 Å². The maximum absolute atomic E-state index is 13.5. The molecule has 13 nitrogen and oxygen atoms in total. The van der Waals surface area contributed by atoms with Gasteiger partial charge in [0.1, 0.15) is 17.9 Å².